The van der Waals surface area contributed by atoms with E-state index >= 15 is 0 Å². The van der Waals surface area contributed by atoms with E-state index in [1.54, 1.807) is 12.0 Å². The number of nitrogens with zero attached hydrogens (tertiary/aromatic N) is 1. The van der Waals surface area contributed by atoms with E-state index in [1.165, 1.54) is 0 Å². The van der Waals surface area contributed by atoms with Crippen LogP contribution in [-0.2, 0) is 17.9 Å². The van der Waals surface area contributed by atoms with Gasteiger partial charge in [-0.15, -0.1) is 0 Å². The highest BCUT2D eigenvalue weighted by atomic mass is 16.6. The highest BCUT2D eigenvalue weighted by molar-refractivity contribution is 5.89. The largest absolute Gasteiger partial charge is 0.493 e. The fourth-order valence-electron chi connectivity index (χ4n) is 3.64. The van der Waals surface area contributed by atoms with Crippen molar-refractivity contribution in [3.05, 3.63) is 90.0 Å². The Bertz CT molecular complexity index is 1160. The second-order valence-electron chi connectivity index (χ2n) is 9.76. The van der Waals surface area contributed by atoms with Crippen molar-refractivity contribution in [2.45, 2.75) is 45.9 Å². The molecule has 0 saturated carbocycles. The van der Waals surface area contributed by atoms with Gasteiger partial charge in [-0.25, -0.2) is 9.59 Å². The van der Waals surface area contributed by atoms with E-state index in [-0.39, 0.29) is 6.03 Å². The fraction of sp³-hybridized carbons (Fsp3) is 0.333. The first-order chi connectivity index (χ1) is 18.2. The molecule has 38 heavy (non-hydrogen) atoms. The first kappa shape index (κ1) is 28.4. The van der Waals surface area contributed by atoms with Crippen LogP contribution in [0.2, 0.25) is 0 Å². The third-order valence-electron chi connectivity index (χ3n) is 5.42. The smallest absolute Gasteiger partial charge is 0.407 e. The van der Waals surface area contributed by atoms with E-state index in [0.717, 1.165) is 11.1 Å². The van der Waals surface area contributed by atoms with Crippen molar-refractivity contribution in [1.29, 1.82) is 0 Å². The van der Waals surface area contributed by atoms with Gasteiger partial charge in [0.1, 0.15) is 12.2 Å². The van der Waals surface area contributed by atoms with Crippen LogP contribution in [0.25, 0.3) is 0 Å². The van der Waals surface area contributed by atoms with Gasteiger partial charge in [0.25, 0.3) is 0 Å². The van der Waals surface area contributed by atoms with Crippen LogP contribution in [0.5, 0.6) is 11.5 Å². The maximum atomic E-state index is 13.2. The number of carbonyl (C=O) groups excluding carboxylic acids is 2. The van der Waals surface area contributed by atoms with Gasteiger partial charge in [0.2, 0.25) is 0 Å². The minimum Gasteiger partial charge on any atom is -0.493 e. The molecular weight excluding hydrogens is 482 g/mol. The first-order valence-corrected chi connectivity index (χ1v) is 12.6. The summed E-state index contributed by atoms with van der Waals surface area (Å²) in [4.78, 5) is 26.8. The average molecular weight is 520 g/mol. The van der Waals surface area contributed by atoms with Crippen LogP contribution in [0.15, 0.2) is 78.9 Å². The number of methoxy groups -OCH3 is 1. The van der Waals surface area contributed by atoms with Gasteiger partial charge in [0.15, 0.2) is 11.5 Å². The number of rotatable bonds is 11. The summed E-state index contributed by atoms with van der Waals surface area (Å²) in [6, 6.07) is 24.6. The molecule has 0 unspecified atom stereocenters. The Morgan fingerprint density at radius 3 is 2.21 bits per heavy atom. The monoisotopic (exact) mass is 519 g/mol. The minimum absolute atomic E-state index is 0.239. The molecule has 0 spiro atoms. The Balaban J connectivity index is 1.65. The Morgan fingerprint density at radius 2 is 1.55 bits per heavy atom. The second-order valence-corrected chi connectivity index (χ2v) is 9.76. The standard InChI is InChI=1S/C30H37N3O5/c1-30(2,3)38-29(35)31-18-11-19-33(28(34)32-25-14-9-6-10-15-25)21-24-16-17-26(27(20-24)36-4)37-22-23-12-7-5-8-13-23/h5-10,12-17,20H,11,18-19,21-22H2,1-4H3,(H,31,35)(H,32,34). The molecule has 0 heterocycles. The lowest BCUT2D eigenvalue weighted by atomic mass is 10.1. The average Bonchev–Trinajstić information content (AvgIpc) is 2.89. The molecule has 0 aliphatic rings. The molecule has 202 valence electrons. The van der Waals surface area contributed by atoms with Crippen molar-refractivity contribution in [2.75, 3.05) is 25.5 Å². The molecule has 0 radical (unpaired) electrons. The molecule has 3 aromatic rings. The van der Waals surface area contributed by atoms with Gasteiger partial charge in [-0.2, -0.15) is 0 Å². The number of amides is 3. The van der Waals surface area contributed by atoms with Gasteiger partial charge >= 0.3 is 12.1 Å². The van der Waals surface area contributed by atoms with Crippen LogP contribution in [0.1, 0.15) is 38.3 Å². The highest BCUT2D eigenvalue weighted by Crippen LogP contribution is 2.29. The fourth-order valence-corrected chi connectivity index (χ4v) is 3.64. The Morgan fingerprint density at radius 1 is 0.868 bits per heavy atom. The lowest BCUT2D eigenvalue weighted by molar-refractivity contribution is 0.0526. The van der Waals surface area contributed by atoms with E-state index in [9.17, 15) is 9.59 Å². The molecule has 0 bridgehead atoms. The molecule has 3 rings (SSSR count). The summed E-state index contributed by atoms with van der Waals surface area (Å²) in [5.41, 5.74) is 2.08. The zero-order valence-electron chi connectivity index (χ0n) is 22.5. The number of anilines is 1. The summed E-state index contributed by atoms with van der Waals surface area (Å²) in [5, 5.41) is 5.68. The molecule has 3 aromatic carbocycles. The van der Waals surface area contributed by atoms with Gasteiger partial charge in [-0.05, 0) is 62.6 Å². The van der Waals surface area contributed by atoms with Gasteiger partial charge in [0.05, 0.1) is 7.11 Å². The lowest BCUT2D eigenvalue weighted by Gasteiger charge is -2.24. The molecule has 8 nitrogen and oxygen atoms in total. The maximum absolute atomic E-state index is 13.2. The number of para-hydroxylation sites is 1. The van der Waals surface area contributed by atoms with Crippen LogP contribution in [0, 0.1) is 0 Å². The molecule has 0 fully saturated rings. The molecule has 2 N–H and O–H groups in total. The molecule has 8 heteroatoms. The van der Waals surface area contributed by atoms with Crippen LogP contribution < -0.4 is 20.1 Å². The predicted octanol–water partition coefficient (Wildman–Crippen LogP) is 6.22. The molecule has 0 atom stereocenters. The van der Waals surface area contributed by atoms with Crippen molar-refractivity contribution in [3.63, 3.8) is 0 Å². The number of urea groups is 1. The predicted molar refractivity (Wildman–Crippen MR) is 148 cm³/mol. The number of hydrogen-bond acceptors (Lipinski definition) is 5. The Kier molecular flexibility index (Phi) is 10.4. The summed E-state index contributed by atoms with van der Waals surface area (Å²) in [5.74, 6) is 1.22. The minimum atomic E-state index is -0.568. The topological polar surface area (TPSA) is 89.1 Å². The maximum Gasteiger partial charge on any atom is 0.407 e. The first-order valence-electron chi connectivity index (χ1n) is 12.6. The van der Waals surface area contributed by atoms with E-state index in [0.29, 0.717) is 49.8 Å². The van der Waals surface area contributed by atoms with Crippen LogP contribution in [-0.4, -0.2) is 42.8 Å². The van der Waals surface area contributed by atoms with Crippen LogP contribution in [0.3, 0.4) is 0 Å². The second kappa shape index (κ2) is 13.9. The zero-order valence-corrected chi connectivity index (χ0v) is 22.5. The molecule has 0 saturated heterocycles. The van der Waals surface area contributed by atoms with Gasteiger partial charge in [-0.1, -0.05) is 54.6 Å². The summed E-state index contributed by atoms with van der Waals surface area (Å²) in [7, 11) is 1.59. The van der Waals surface area contributed by atoms with Gasteiger partial charge < -0.3 is 29.7 Å². The lowest BCUT2D eigenvalue weighted by Crippen LogP contribution is -2.38. The van der Waals surface area contributed by atoms with Crippen molar-refractivity contribution < 1.29 is 23.8 Å². The number of carbonyl (C=O) groups is 2. The molecule has 0 aromatic heterocycles. The number of nitrogens with one attached hydrogen (secondary N) is 2. The van der Waals surface area contributed by atoms with Gasteiger partial charge in [0, 0.05) is 25.3 Å². The van der Waals surface area contributed by atoms with Crippen molar-refractivity contribution >= 4 is 17.8 Å². The van der Waals surface area contributed by atoms with Crippen molar-refractivity contribution in [2.24, 2.45) is 0 Å². The Labute approximate surface area is 224 Å². The number of ether oxygens (including phenoxy) is 3. The van der Waals surface area contributed by atoms with Crippen LogP contribution >= 0.6 is 0 Å². The Hall–Kier alpha value is -4.20. The molecular formula is C30H37N3O5. The molecule has 0 aliphatic heterocycles. The summed E-state index contributed by atoms with van der Waals surface area (Å²) < 4.78 is 16.8. The summed E-state index contributed by atoms with van der Waals surface area (Å²) in [6.45, 7) is 7.01. The third kappa shape index (κ3) is 9.69. The SMILES string of the molecule is COc1cc(CN(CCCNC(=O)OC(C)(C)C)C(=O)Nc2ccccc2)ccc1OCc1ccccc1. The quantitative estimate of drug-likeness (QED) is 0.294. The van der Waals surface area contributed by atoms with E-state index < -0.39 is 11.7 Å². The van der Waals surface area contributed by atoms with E-state index in [4.69, 9.17) is 14.2 Å². The number of benzene rings is 3. The summed E-state index contributed by atoms with van der Waals surface area (Å²) in [6.07, 6.45) is 0.0743. The van der Waals surface area contributed by atoms with E-state index in [2.05, 4.69) is 10.6 Å². The zero-order chi connectivity index (χ0) is 27.4. The van der Waals surface area contributed by atoms with Crippen molar-refractivity contribution in [1.82, 2.24) is 10.2 Å². The van der Waals surface area contributed by atoms with Gasteiger partial charge in [-0.3, -0.25) is 0 Å². The summed E-state index contributed by atoms with van der Waals surface area (Å²) >= 11 is 0. The van der Waals surface area contributed by atoms with Crippen molar-refractivity contribution in [3.8, 4) is 11.5 Å². The number of hydrogen-bond donors (Lipinski definition) is 2. The normalized spacial score (nSPS) is 10.8. The third-order valence-corrected chi connectivity index (χ3v) is 5.42. The highest BCUT2D eigenvalue weighted by Gasteiger charge is 2.18. The molecule has 3 amide bonds. The molecule has 0 aliphatic carbocycles. The van der Waals surface area contributed by atoms with E-state index in [1.807, 2.05) is 99.6 Å². The van der Waals surface area contributed by atoms with Crippen LogP contribution in [0.4, 0.5) is 15.3 Å². The number of alkyl carbamates (subject to hydrolysis) is 1.